The van der Waals surface area contributed by atoms with E-state index < -0.39 is 0 Å². The summed E-state index contributed by atoms with van der Waals surface area (Å²) < 4.78 is 4.89. The SMILES string of the molecule is CCCc1ccc(COC(C)=O)cc1. The van der Waals surface area contributed by atoms with Crippen LogP contribution in [0.4, 0.5) is 0 Å². The largest absolute Gasteiger partial charge is 0.461 e. The van der Waals surface area contributed by atoms with E-state index in [1.165, 1.54) is 12.5 Å². The minimum atomic E-state index is -0.234. The number of carbonyl (C=O) groups excluding carboxylic acids is 1. The molecular formula is C12H16O2. The zero-order valence-electron chi connectivity index (χ0n) is 8.75. The first kappa shape index (κ1) is 10.8. The summed E-state index contributed by atoms with van der Waals surface area (Å²) in [7, 11) is 0. The summed E-state index contributed by atoms with van der Waals surface area (Å²) in [6, 6.07) is 8.19. The lowest BCUT2D eigenvalue weighted by atomic mass is 10.1. The second-order valence-electron chi connectivity index (χ2n) is 3.35. The fourth-order valence-corrected chi connectivity index (χ4v) is 1.28. The van der Waals surface area contributed by atoms with Crippen LogP contribution in [0, 0.1) is 0 Å². The predicted molar refractivity (Wildman–Crippen MR) is 55.9 cm³/mol. The van der Waals surface area contributed by atoms with Crippen molar-refractivity contribution in [1.29, 1.82) is 0 Å². The second kappa shape index (κ2) is 5.43. The predicted octanol–water partition coefficient (Wildman–Crippen LogP) is 2.70. The molecule has 0 radical (unpaired) electrons. The Morgan fingerprint density at radius 1 is 1.21 bits per heavy atom. The highest BCUT2D eigenvalue weighted by Crippen LogP contribution is 2.07. The van der Waals surface area contributed by atoms with E-state index >= 15 is 0 Å². The van der Waals surface area contributed by atoms with E-state index in [1.54, 1.807) is 0 Å². The van der Waals surface area contributed by atoms with Crippen LogP contribution in [-0.2, 0) is 22.6 Å². The van der Waals surface area contributed by atoms with Crippen LogP contribution in [-0.4, -0.2) is 5.97 Å². The van der Waals surface area contributed by atoms with Gasteiger partial charge in [0.1, 0.15) is 6.61 Å². The van der Waals surface area contributed by atoms with Gasteiger partial charge in [-0.25, -0.2) is 0 Å². The smallest absolute Gasteiger partial charge is 0.302 e. The van der Waals surface area contributed by atoms with Crippen molar-refractivity contribution in [2.75, 3.05) is 0 Å². The Bertz CT molecular complexity index is 288. The van der Waals surface area contributed by atoms with Gasteiger partial charge >= 0.3 is 5.97 Å². The van der Waals surface area contributed by atoms with Crippen molar-refractivity contribution >= 4 is 5.97 Å². The number of aryl methyl sites for hydroxylation is 1. The van der Waals surface area contributed by atoms with Gasteiger partial charge in [0.25, 0.3) is 0 Å². The molecule has 0 amide bonds. The Hall–Kier alpha value is -1.31. The molecule has 1 aromatic carbocycles. The molecule has 0 atom stereocenters. The number of ether oxygens (including phenoxy) is 1. The highest BCUT2D eigenvalue weighted by atomic mass is 16.5. The normalized spacial score (nSPS) is 9.86. The van der Waals surface area contributed by atoms with Gasteiger partial charge in [-0.3, -0.25) is 4.79 Å². The molecule has 0 heterocycles. The van der Waals surface area contributed by atoms with E-state index in [0.29, 0.717) is 6.61 Å². The van der Waals surface area contributed by atoms with Gasteiger partial charge in [0, 0.05) is 6.92 Å². The molecule has 2 nitrogen and oxygen atoms in total. The molecule has 0 aliphatic carbocycles. The lowest BCUT2D eigenvalue weighted by Gasteiger charge is -2.03. The van der Waals surface area contributed by atoms with Crippen LogP contribution in [0.5, 0.6) is 0 Å². The number of benzene rings is 1. The van der Waals surface area contributed by atoms with Crippen LogP contribution >= 0.6 is 0 Å². The van der Waals surface area contributed by atoms with Gasteiger partial charge in [0.05, 0.1) is 0 Å². The summed E-state index contributed by atoms with van der Waals surface area (Å²) in [5, 5.41) is 0. The van der Waals surface area contributed by atoms with Gasteiger partial charge < -0.3 is 4.74 Å². The Morgan fingerprint density at radius 2 is 1.79 bits per heavy atom. The van der Waals surface area contributed by atoms with Gasteiger partial charge in [-0.1, -0.05) is 37.6 Å². The average Bonchev–Trinajstić information content (AvgIpc) is 2.17. The summed E-state index contributed by atoms with van der Waals surface area (Å²) >= 11 is 0. The molecule has 0 aliphatic heterocycles. The standard InChI is InChI=1S/C12H16O2/c1-3-4-11-5-7-12(8-6-11)9-14-10(2)13/h5-8H,3-4,9H2,1-2H3. The van der Waals surface area contributed by atoms with Gasteiger partial charge in [0.15, 0.2) is 0 Å². The van der Waals surface area contributed by atoms with E-state index in [9.17, 15) is 4.79 Å². The number of carbonyl (C=O) groups is 1. The third kappa shape index (κ3) is 3.60. The van der Waals surface area contributed by atoms with Crippen LogP contribution in [0.15, 0.2) is 24.3 Å². The highest BCUT2D eigenvalue weighted by Gasteiger charge is 1.96. The molecule has 0 fully saturated rings. The van der Waals surface area contributed by atoms with Crippen LogP contribution in [0.1, 0.15) is 31.4 Å². The van der Waals surface area contributed by atoms with Crippen molar-refractivity contribution in [3.8, 4) is 0 Å². The van der Waals surface area contributed by atoms with Gasteiger partial charge in [-0.2, -0.15) is 0 Å². The minimum absolute atomic E-state index is 0.234. The summed E-state index contributed by atoms with van der Waals surface area (Å²) in [5.74, 6) is -0.234. The van der Waals surface area contributed by atoms with Crippen molar-refractivity contribution < 1.29 is 9.53 Å². The van der Waals surface area contributed by atoms with Crippen LogP contribution < -0.4 is 0 Å². The molecule has 0 aliphatic rings. The molecule has 14 heavy (non-hydrogen) atoms. The Kier molecular flexibility index (Phi) is 4.17. The lowest BCUT2D eigenvalue weighted by Crippen LogP contribution is -1.98. The first-order chi connectivity index (χ1) is 6.72. The van der Waals surface area contributed by atoms with E-state index in [1.807, 2.05) is 12.1 Å². The fraction of sp³-hybridized carbons (Fsp3) is 0.417. The zero-order chi connectivity index (χ0) is 10.4. The molecule has 1 rings (SSSR count). The van der Waals surface area contributed by atoms with Crippen LogP contribution in [0.2, 0.25) is 0 Å². The molecule has 0 unspecified atom stereocenters. The summed E-state index contributed by atoms with van der Waals surface area (Å²) in [6.45, 7) is 3.96. The third-order valence-electron chi connectivity index (χ3n) is 2.00. The van der Waals surface area contributed by atoms with Crippen LogP contribution in [0.25, 0.3) is 0 Å². The topological polar surface area (TPSA) is 26.3 Å². The average molecular weight is 192 g/mol. The van der Waals surface area contributed by atoms with Gasteiger partial charge in [-0.15, -0.1) is 0 Å². The quantitative estimate of drug-likeness (QED) is 0.685. The van der Waals surface area contributed by atoms with Crippen molar-refractivity contribution in [3.05, 3.63) is 35.4 Å². The van der Waals surface area contributed by atoms with Crippen molar-refractivity contribution in [1.82, 2.24) is 0 Å². The Balaban J connectivity index is 2.50. The maximum atomic E-state index is 10.6. The molecule has 0 aromatic heterocycles. The third-order valence-corrected chi connectivity index (χ3v) is 2.00. The Labute approximate surface area is 84.9 Å². The van der Waals surface area contributed by atoms with Gasteiger partial charge in [-0.05, 0) is 17.5 Å². The molecule has 2 heteroatoms. The second-order valence-corrected chi connectivity index (χ2v) is 3.35. The monoisotopic (exact) mass is 192 g/mol. The van der Waals surface area contributed by atoms with E-state index in [2.05, 4.69) is 19.1 Å². The summed E-state index contributed by atoms with van der Waals surface area (Å²) in [4.78, 5) is 10.6. The summed E-state index contributed by atoms with van der Waals surface area (Å²) in [5.41, 5.74) is 2.37. The molecule has 0 bridgehead atoms. The maximum Gasteiger partial charge on any atom is 0.302 e. The Morgan fingerprint density at radius 3 is 2.29 bits per heavy atom. The number of esters is 1. The molecule has 1 aromatic rings. The fourth-order valence-electron chi connectivity index (χ4n) is 1.28. The number of rotatable bonds is 4. The van der Waals surface area contributed by atoms with Crippen molar-refractivity contribution in [3.63, 3.8) is 0 Å². The van der Waals surface area contributed by atoms with E-state index in [0.717, 1.165) is 18.4 Å². The summed E-state index contributed by atoms with van der Waals surface area (Å²) in [6.07, 6.45) is 2.26. The van der Waals surface area contributed by atoms with Crippen molar-refractivity contribution in [2.24, 2.45) is 0 Å². The maximum absolute atomic E-state index is 10.6. The lowest BCUT2D eigenvalue weighted by molar-refractivity contribution is -0.142. The number of hydrogen-bond donors (Lipinski definition) is 0. The van der Waals surface area contributed by atoms with Gasteiger partial charge in [0.2, 0.25) is 0 Å². The minimum Gasteiger partial charge on any atom is -0.461 e. The molecular weight excluding hydrogens is 176 g/mol. The van der Waals surface area contributed by atoms with E-state index in [-0.39, 0.29) is 5.97 Å². The molecule has 76 valence electrons. The number of hydrogen-bond acceptors (Lipinski definition) is 2. The molecule has 0 saturated heterocycles. The van der Waals surface area contributed by atoms with Crippen molar-refractivity contribution in [2.45, 2.75) is 33.3 Å². The highest BCUT2D eigenvalue weighted by molar-refractivity contribution is 5.65. The van der Waals surface area contributed by atoms with E-state index in [4.69, 9.17) is 4.74 Å². The zero-order valence-corrected chi connectivity index (χ0v) is 8.75. The molecule has 0 saturated carbocycles. The first-order valence-corrected chi connectivity index (χ1v) is 4.93. The molecule has 0 spiro atoms. The van der Waals surface area contributed by atoms with Crippen LogP contribution in [0.3, 0.4) is 0 Å². The molecule has 0 N–H and O–H groups in total. The first-order valence-electron chi connectivity index (χ1n) is 4.93.